The zero-order valence-electron chi connectivity index (χ0n) is 9.17. The molecule has 0 aliphatic rings. The summed E-state index contributed by atoms with van der Waals surface area (Å²) in [6.45, 7) is 0. The summed E-state index contributed by atoms with van der Waals surface area (Å²) in [4.78, 5) is 15.5. The Labute approximate surface area is 109 Å². The highest BCUT2D eigenvalue weighted by Gasteiger charge is 2.05. The predicted molar refractivity (Wildman–Crippen MR) is 68.4 cm³/mol. The van der Waals surface area contributed by atoms with Crippen LogP contribution in [0.2, 0.25) is 10.0 Å². The molecule has 0 saturated carbocycles. The lowest BCUT2D eigenvalue weighted by Gasteiger charge is -2.09. The number of rotatable bonds is 5. The van der Waals surface area contributed by atoms with E-state index in [-0.39, 0.29) is 6.42 Å². The highest BCUT2D eigenvalue weighted by molar-refractivity contribution is 6.42. The molecule has 1 aromatic rings. The van der Waals surface area contributed by atoms with Crippen LogP contribution in [-0.2, 0) is 9.63 Å². The van der Waals surface area contributed by atoms with E-state index in [4.69, 9.17) is 33.8 Å². The van der Waals surface area contributed by atoms with Crippen LogP contribution in [0, 0.1) is 0 Å². The van der Waals surface area contributed by atoms with E-state index in [9.17, 15) is 4.79 Å². The summed E-state index contributed by atoms with van der Waals surface area (Å²) in [5, 5.41) is 0.883. The van der Waals surface area contributed by atoms with Gasteiger partial charge in [-0.1, -0.05) is 29.3 Å². The molecule has 0 aromatic heterocycles. The molecular weight excluding hydrogens is 263 g/mol. The summed E-state index contributed by atoms with van der Waals surface area (Å²) < 4.78 is 0. The number of halogens is 2. The number of hydrogen-bond acceptors (Lipinski definition) is 3. The molecule has 0 bridgehead atoms. The fourth-order valence-corrected chi connectivity index (χ4v) is 1.49. The van der Waals surface area contributed by atoms with Crippen LogP contribution in [-0.4, -0.2) is 13.0 Å². The van der Waals surface area contributed by atoms with Gasteiger partial charge in [-0.2, -0.15) is 0 Å². The first-order valence-electron chi connectivity index (χ1n) is 4.77. The maximum atomic E-state index is 10.7. The fourth-order valence-electron chi connectivity index (χ4n) is 1.19. The number of hydroxylamine groups is 1. The van der Waals surface area contributed by atoms with Crippen molar-refractivity contribution in [3.8, 4) is 0 Å². The molecular formula is C11H12Cl2N2O2. The van der Waals surface area contributed by atoms with Gasteiger partial charge >= 0.3 is 0 Å². The van der Waals surface area contributed by atoms with Crippen molar-refractivity contribution >= 4 is 34.8 Å². The van der Waals surface area contributed by atoms with Gasteiger partial charge in [-0.05, 0) is 18.2 Å². The minimum absolute atomic E-state index is 0.103. The smallest absolute Gasteiger partial charge is 0.221 e. The highest BCUT2D eigenvalue weighted by Crippen LogP contribution is 2.25. The lowest BCUT2D eigenvalue weighted by molar-refractivity contribution is -0.117. The molecule has 0 aliphatic heterocycles. The van der Waals surface area contributed by atoms with Crippen LogP contribution in [0.15, 0.2) is 24.3 Å². The van der Waals surface area contributed by atoms with Crippen LogP contribution < -0.4 is 11.2 Å². The standard InChI is InChI=1S/C11H12Cl2N2O2/c1-17-15-10(4-5-11(14)16)7-2-3-8(12)9(13)6-7/h2-4,6,15H,5H2,1H3,(H2,14,16). The molecule has 0 saturated heterocycles. The van der Waals surface area contributed by atoms with Crippen LogP contribution >= 0.6 is 23.2 Å². The van der Waals surface area contributed by atoms with Crippen LogP contribution in [0.4, 0.5) is 0 Å². The van der Waals surface area contributed by atoms with Gasteiger partial charge in [-0.25, -0.2) is 0 Å². The van der Waals surface area contributed by atoms with Crippen LogP contribution in [0.1, 0.15) is 12.0 Å². The van der Waals surface area contributed by atoms with E-state index in [1.165, 1.54) is 7.11 Å². The number of amides is 1. The van der Waals surface area contributed by atoms with E-state index in [0.29, 0.717) is 15.7 Å². The van der Waals surface area contributed by atoms with E-state index in [0.717, 1.165) is 5.56 Å². The fraction of sp³-hybridized carbons (Fsp3) is 0.182. The Hall–Kier alpha value is -1.23. The molecule has 0 fully saturated rings. The molecule has 0 atom stereocenters. The normalized spacial score (nSPS) is 11.4. The van der Waals surface area contributed by atoms with Crippen molar-refractivity contribution in [1.29, 1.82) is 0 Å². The van der Waals surface area contributed by atoms with Gasteiger partial charge in [0.05, 0.1) is 22.9 Å². The van der Waals surface area contributed by atoms with Crippen LogP contribution in [0.3, 0.4) is 0 Å². The molecule has 0 aliphatic carbocycles. The number of primary amides is 1. The Morgan fingerprint density at radius 3 is 2.71 bits per heavy atom. The Kier molecular flexibility index (Phi) is 5.28. The highest BCUT2D eigenvalue weighted by atomic mass is 35.5. The zero-order chi connectivity index (χ0) is 12.8. The third-order valence-corrected chi connectivity index (χ3v) is 2.69. The third-order valence-electron chi connectivity index (χ3n) is 1.95. The number of nitrogens with one attached hydrogen (secondary N) is 1. The maximum absolute atomic E-state index is 10.7. The monoisotopic (exact) mass is 274 g/mol. The van der Waals surface area contributed by atoms with Crippen molar-refractivity contribution in [2.75, 3.05) is 7.11 Å². The number of nitrogens with two attached hydrogens (primary N) is 1. The molecule has 0 spiro atoms. The second kappa shape index (κ2) is 6.49. The van der Waals surface area contributed by atoms with Gasteiger partial charge in [0.2, 0.25) is 5.91 Å². The quantitative estimate of drug-likeness (QED) is 0.811. The SMILES string of the molecule is CONC(=CCC(N)=O)c1ccc(Cl)c(Cl)c1. The Morgan fingerprint density at radius 2 is 2.18 bits per heavy atom. The number of hydrogen-bond donors (Lipinski definition) is 2. The molecule has 0 unspecified atom stereocenters. The van der Waals surface area contributed by atoms with Crippen molar-refractivity contribution in [1.82, 2.24) is 5.48 Å². The Balaban J connectivity index is 3.00. The topological polar surface area (TPSA) is 64.3 Å². The lowest BCUT2D eigenvalue weighted by atomic mass is 10.1. The van der Waals surface area contributed by atoms with E-state index >= 15 is 0 Å². The minimum atomic E-state index is -0.430. The van der Waals surface area contributed by atoms with Gasteiger partial charge in [-0.3, -0.25) is 15.1 Å². The van der Waals surface area contributed by atoms with Gasteiger partial charge in [0.15, 0.2) is 0 Å². The molecule has 1 rings (SSSR count). The molecule has 6 heteroatoms. The van der Waals surface area contributed by atoms with E-state index in [2.05, 4.69) is 5.48 Å². The Morgan fingerprint density at radius 1 is 1.47 bits per heavy atom. The van der Waals surface area contributed by atoms with E-state index in [1.54, 1.807) is 24.3 Å². The second-order valence-electron chi connectivity index (χ2n) is 3.22. The van der Waals surface area contributed by atoms with Gasteiger partial charge in [0.25, 0.3) is 0 Å². The van der Waals surface area contributed by atoms with Crippen molar-refractivity contribution in [3.63, 3.8) is 0 Å². The molecule has 0 radical (unpaired) electrons. The number of carbonyl (C=O) groups excluding carboxylic acids is 1. The van der Waals surface area contributed by atoms with E-state index in [1.807, 2.05) is 0 Å². The van der Waals surface area contributed by atoms with E-state index < -0.39 is 5.91 Å². The van der Waals surface area contributed by atoms with Gasteiger partial charge in [0.1, 0.15) is 0 Å². The van der Waals surface area contributed by atoms with Crippen molar-refractivity contribution in [2.24, 2.45) is 5.73 Å². The first kappa shape index (κ1) is 13.8. The molecule has 92 valence electrons. The number of carbonyl (C=O) groups is 1. The summed E-state index contributed by atoms with van der Waals surface area (Å²) in [6, 6.07) is 5.09. The maximum Gasteiger partial charge on any atom is 0.221 e. The average molecular weight is 275 g/mol. The van der Waals surface area contributed by atoms with Gasteiger partial charge < -0.3 is 5.73 Å². The van der Waals surface area contributed by atoms with Crippen molar-refractivity contribution in [2.45, 2.75) is 6.42 Å². The van der Waals surface area contributed by atoms with Crippen LogP contribution in [0.25, 0.3) is 5.70 Å². The number of benzene rings is 1. The zero-order valence-corrected chi connectivity index (χ0v) is 10.7. The second-order valence-corrected chi connectivity index (χ2v) is 4.04. The van der Waals surface area contributed by atoms with Gasteiger partial charge in [-0.15, -0.1) is 0 Å². The minimum Gasteiger partial charge on any atom is -0.369 e. The average Bonchev–Trinajstić information content (AvgIpc) is 2.28. The molecule has 17 heavy (non-hydrogen) atoms. The summed E-state index contributed by atoms with van der Waals surface area (Å²) in [5.74, 6) is -0.430. The first-order chi connectivity index (χ1) is 8.04. The van der Waals surface area contributed by atoms with Crippen molar-refractivity contribution in [3.05, 3.63) is 39.9 Å². The van der Waals surface area contributed by atoms with Gasteiger partial charge in [0, 0.05) is 12.0 Å². The summed E-state index contributed by atoms with van der Waals surface area (Å²) in [7, 11) is 1.47. The molecule has 1 aromatic carbocycles. The molecule has 3 N–H and O–H groups in total. The summed E-state index contributed by atoms with van der Waals surface area (Å²) in [5.41, 5.74) is 9.08. The third kappa shape index (κ3) is 4.26. The van der Waals surface area contributed by atoms with Crippen molar-refractivity contribution < 1.29 is 9.63 Å². The predicted octanol–water partition coefficient (Wildman–Crippen LogP) is 2.36. The summed E-state index contributed by atoms with van der Waals surface area (Å²) in [6.07, 6.45) is 1.72. The largest absolute Gasteiger partial charge is 0.369 e. The molecule has 0 heterocycles. The lowest BCUT2D eigenvalue weighted by Crippen LogP contribution is -2.13. The first-order valence-corrected chi connectivity index (χ1v) is 5.53. The Bertz CT molecular complexity index is 447. The molecule has 1 amide bonds. The summed E-state index contributed by atoms with van der Waals surface area (Å²) >= 11 is 11.7. The van der Waals surface area contributed by atoms with Crippen LogP contribution in [0.5, 0.6) is 0 Å². The molecule has 4 nitrogen and oxygen atoms in total.